The first-order valence-corrected chi connectivity index (χ1v) is 30.0. The van der Waals surface area contributed by atoms with Crippen LogP contribution in [0.4, 0.5) is 17.6 Å². The molecule has 404 valence electrons. The fourth-order valence-electron chi connectivity index (χ4n) is 12.3. The predicted molar refractivity (Wildman–Crippen MR) is 298 cm³/mol. The van der Waals surface area contributed by atoms with Gasteiger partial charge in [-0.1, -0.05) is 60.7 Å². The zero-order valence-corrected chi connectivity index (χ0v) is 45.8. The summed E-state index contributed by atoms with van der Waals surface area (Å²) in [5, 5.41) is 10.4. The van der Waals surface area contributed by atoms with Gasteiger partial charge in [-0.05, 0) is 122 Å². The van der Waals surface area contributed by atoms with Crippen LogP contribution in [0.5, 0.6) is 0 Å². The number of alkyl halides is 4. The molecule has 2 unspecified atom stereocenters. The number of fused-ring (bicyclic) bond motifs is 6. The summed E-state index contributed by atoms with van der Waals surface area (Å²) in [4.78, 5) is 10.2. The normalized spacial score (nSPS) is 17.2. The fourth-order valence-corrected chi connectivity index (χ4v) is 13.6. The van der Waals surface area contributed by atoms with E-state index in [4.69, 9.17) is 9.97 Å². The molecule has 12 nitrogen and oxygen atoms in total. The third-order valence-corrected chi connectivity index (χ3v) is 18.3. The Labute approximate surface area is 450 Å². The molecule has 4 aromatic carbocycles. The summed E-state index contributed by atoms with van der Waals surface area (Å²) in [6, 6.07) is 33.6. The molecule has 2 fully saturated rings. The molecule has 2 aliphatic rings. The Hall–Kier alpha value is -7.18. The van der Waals surface area contributed by atoms with Crippen molar-refractivity contribution in [2.24, 2.45) is 25.9 Å². The van der Waals surface area contributed by atoms with E-state index >= 15 is 0 Å². The van der Waals surface area contributed by atoms with Gasteiger partial charge in [0.1, 0.15) is 0 Å². The third kappa shape index (κ3) is 9.90. The van der Waals surface area contributed by atoms with E-state index in [-0.39, 0.29) is 59.4 Å². The molecule has 6 aromatic heterocycles. The number of halogens is 4. The predicted octanol–water partition coefficient (Wildman–Crippen LogP) is 13.4. The average Bonchev–Trinajstić information content (AvgIpc) is 4.24. The van der Waals surface area contributed by atoms with Crippen LogP contribution in [0.2, 0.25) is 0 Å². The van der Waals surface area contributed by atoms with E-state index in [2.05, 4.69) is 31.5 Å². The van der Waals surface area contributed by atoms with Crippen LogP contribution in [0, 0.1) is 25.7 Å². The summed E-state index contributed by atoms with van der Waals surface area (Å²) < 4.78 is 115. The smallest absolute Gasteiger partial charge is 0.248 e. The van der Waals surface area contributed by atoms with Crippen LogP contribution >= 0.6 is 0 Å². The number of aromatic nitrogens is 8. The van der Waals surface area contributed by atoms with Crippen LogP contribution in [0.3, 0.4) is 0 Å². The monoisotopic (exact) mass is 1100 g/mol. The summed E-state index contributed by atoms with van der Waals surface area (Å²) in [6.07, 6.45) is 10.5. The van der Waals surface area contributed by atoms with Gasteiger partial charge in [-0.25, -0.2) is 34.4 Å². The lowest BCUT2D eigenvalue weighted by Gasteiger charge is -2.35. The maximum Gasteiger partial charge on any atom is 0.248 e. The zero-order chi connectivity index (χ0) is 55.1. The lowest BCUT2D eigenvalue weighted by atomic mass is 9.79. The van der Waals surface area contributed by atoms with Gasteiger partial charge in [0.25, 0.3) is 0 Å². The second kappa shape index (κ2) is 19.9. The minimum Gasteiger partial charge on any atom is -0.331 e. The fraction of sp³-hybridized carbons (Fsp3) is 0.333. The third-order valence-electron chi connectivity index (χ3n) is 16.1. The Morgan fingerprint density at radius 3 is 1.18 bits per heavy atom. The summed E-state index contributed by atoms with van der Waals surface area (Å²) in [5.41, 5.74) is 12.3. The van der Waals surface area contributed by atoms with Gasteiger partial charge in [0.05, 0.1) is 78.8 Å². The molecule has 0 aliphatic heterocycles. The lowest BCUT2D eigenvalue weighted by molar-refractivity contribution is -0.0498. The molecule has 0 spiro atoms. The number of aryl methyl sites for hydroxylation is 4. The first kappa shape index (κ1) is 52.9. The van der Waals surface area contributed by atoms with Crippen LogP contribution in [-0.2, 0) is 33.8 Å². The van der Waals surface area contributed by atoms with E-state index in [1.54, 1.807) is 24.3 Å². The SMILES string of the molecule is Cc1cnn(C)c1-c1cnc2c3ccc(S(C)(=O)=O)cc3n(C(c3ccccc3)C3CCC(F)(F)CC3)c2c1.Cc1cnn(C)c1-c1cnc2c3ccc(S(C)(=O)=O)cc3n(C(c3ccccc3)C3CCC(F)(F)CC3)c2c1. The molecular formula is C60H60F4N8O4S2. The summed E-state index contributed by atoms with van der Waals surface area (Å²) in [6.45, 7) is 3.99. The number of rotatable bonds is 10. The van der Waals surface area contributed by atoms with Gasteiger partial charge in [-0.15, -0.1) is 0 Å². The van der Waals surface area contributed by atoms with Crippen LogP contribution in [0.15, 0.2) is 144 Å². The lowest BCUT2D eigenvalue weighted by Crippen LogP contribution is -2.30. The van der Waals surface area contributed by atoms with Crippen molar-refractivity contribution < 1.29 is 34.4 Å². The Balaban J connectivity index is 0.000000165. The first-order chi connectivity index (χ1) is 37.1. The van der Waals surface area contributed by atoms with E-state index < -0.39 is 31.5 Å². The molecule has 18 heteroatoms. The second-order valence-corrected chi connectivity index (χ2v) is 25.6. The van der Waals surface area contributed by atoms with E-state index in [9.17, 15) is 34.4 Å². The maximum absolute atomic E-state index is 14.3. The molecule has 0 N–H and O–H groups in total. The van der Waals surface area contributed by atoms with Gasteiger partial charge < -0.3 is 9.13 Å². The highest BCUT2D eigenvalue weighted by Gasteiger charge is 2.41. The van der Waals surface area contributed by atoms with Gasteiger partial charge >= 0.3 is 0 Å². The number of hydrogen-bond acceptors (Lipinski definition) is 8. The Kier molecular flexibility index (Phi) is 13.5. The van der Waals surface area contributed by atoms with Gasteiger partial charge in [-0.3, -0.25) is 19.3 Å². The van der Waals surface area contributed by atoms with Crippen LogP contribution < -0.4 is 0 Å². The van der Waals surface area contributed by atoms with Crippen molar-refractivity contribution in [2.45, 2.75) is 98.9 Å². The molecule has 0 saturated heterocycles. The molecule has 6 heterocycles. The molecule has 2 aliphatic carbocycles. The van der Waals surface area contributed by atoms with Crippen molar-refractivity contribution in [2.75, 3.05) is 12.5 Å². The minimum absolute atomic E-state index is 0.0604. The maximum atomic E-state index is 14.3. The molecule has 2 saturated carbocycles. The highest BCUT2D eigenvalue weighted by atomic mass is 32.2. The first-order valence-electron chi connectivity index (χ1n) is 26.2. The highest BCUT2D eigenvalue weighted by Crippen LogP contribution is 2.48. The molecule has 0 bridgehead atoms. The molecule has 0 amide bonds. The number of benzene rings is 4. The highest BCUT2D eigenvalue weighted by molar-refractivity contribution is 7.91. The summed E-state index contributed by atoms with van der Waals surface area (Å²) >= 11 is 0. The Bertz CT molecular complexity index is 3830. The molecule has 0 radical (unpaired) electrons. The minimum atomic E-state index is -3.48. The average molecular weight is 1100 g/mol. The van der Waals surface area contributed by atoms with E-state index in [1.807, 2.05) is 135 Å². The van der Waals surface area contributed by atoms with Gasteiger partial charge in [-0.2, -0.15) is 10.2 Å². The van der Waals surface area contributed by atoms with Gasteiger partial charge in [0.15, 0.2) is 19.7 Å². The van der Waals surface area contributed by atoms with Crippen molar-refractivity contribution in [3.63, 3.8) is 0 Å². The topological polar surface area (TPSA) is 140 Å². The number of nitrogens with zero attached hydrogens (tertiary/aromatic N) is 8. The van der Waals surface area contributed by atoms with Crippen molar-refractivity contribution in [1.82, 2.24) is 38.7 Å². The Morgan fingerprint density at radius 1 is 0.500 bits per heavy atom. The standard InChI is InChI=1S/2C30H30F2N4O2S/c2*1-19-17-34-35(2)28(19)22-15-26-27(33-18-22)24-10-9-23(39(3,37)38)16-25(24)36(26)29(20-7-5-4-6-8-20)21-11-13-30(31,32)14-12-21/h2*4-10,15-18,21,29H,11-14H2,1-3H3. The van der Waals surface area contributed by atoms with Crippen LogP contribution in [-0.4, -0.2) is 79.9 Å². The molecular weight excluding hydrogens is 1040 g/mol. The Morgan fingerprint density at radius 2 is 0.859 bits per heavy atom. The van der Waals surface area contributed by atoms with Crippen molar-refractivity contribution in [3.8, 4) is 22.5 Å². The largest absolute Gasteiger partial charge is 0.331 e. The van der Waals surface area contributed by atoms with Gasteiger partial charge in [0, 0.05) is 86.6 Å². The van der Waals surface area contributed by atoms with E-state index in [1.165, 1.54) is 12.5 Å². The molecule has 12 rings (SSSR count). The van der Waals surface area contributed by atoms with Crippen LogP contribution in [0.1, 0.15) is 85.7 Å². The van der Waals surface area contributed by atoms with Crippen LogP contribution in [0.25, 0.3) is 66.4 Å². The molecule has 78 heavy (non-hydrogen) atoms. The van der Waals surface area contributed by atoms with Gasteiger partial charge in [0.2, 0.25) is 11.8 Å². The quantitative estimate of drug-likeness (QED) is 0.123. The molecule has 2 atom stereocenters. The summed E-state index contributed by atoms with van der Waals surface area (Å²) in [5.74, 6) is -5.44. The summed E-state index contributed by atoms with van der Waals surface area (Å²) in [7, 11) is -3.19. The second-order valence-electron chi connectivity index (χ2n) is 21.5. The number of sulfone groups is 2. The molecule has 10 aromatic rings. The van der Waals surface area contributed by atoms with E-state index in [0.29, 0.717) is 25.7 Å². The zero-order valence-electron chi connectivity index (χ0n) is 44.2. The van der Waals surface area contributed by atoms with Crippen molar-refractivity contribution in [3.05, 3.63) is 156 Å². The number of hydrogen-bond donors (Lipinski definition) is 0. The number of pyridine rings is 2. The van der Waals surface area contributed by atoms with Crippen molar-refractivity contribution >= 4 is 63.5 Å². The van der Waals surface area contributed by atoms with E-state index in [0.717, 1.165) is 88.6 Å². The van der Waals surface area contributed by atoms with Crippen molar-refractivity contribution in [1.29, 1.82) is 0 Å².